The smallest absolute Gasteiger partial charge is 0.0969 e. The molecule has 0 amide bonds. The second kappa shape index (κ2) is 13.4. The molecule has 10 aromatic carbocycles. The predicted molar refractivity (Wildman–Crippen MR) is 269 cm³/mol. The Balaban J connectivity index is 1.12. The highest BCUT2D eigenvalue weighted by atomic mass is 15.0. The average molecular weight is 813 g/mol. The lowest BCUT2D eigenvalue weighted by molar-refractivity contribution is 1.18. The molecule has 14 rings (SSSR count). The Bertz CT molecular complexity index is 3950. The van der Waals surface area contributed by atoms with Crippen molar-refractivity contribution in [2.75, 3.05) is 0 Å². The van der Waals surface area contributed by atoms with E-state index in [0.717, 1.165) is 55.2 Å². The summed E-state index contributed by atoms with van der Waals surface area (Å²) in [6, 6.07) is 75.1. The van der Waals surface area contributed by atoms with Crippen LogP contribution in [0.5, 0.6) is 0 Å². The lowest BCUT2D eigenvalue weighted by Crippen LogP contribution is -1.98. The number of hydrogen-bond donors (Lipinski definition) is 0. The molecule has 0 spiro atoms. The molecule has 0 aliphatic heterocycles. The van der Waals surface area contributed by atoms with Crippen LogP contribution in [0.3, 0.4) is 0 Å². The van der Waals surface area contributed by atoms with Crippen LogP contribution in [0.25, 0.3) is 131 Å². The van der Waals surface area contributed by atoms with Gasteiger partial charge in [0.1, 0.15) is 0 Å². The van der Waals surface area contributed by atoms with E-state index in [2.05, 4.69) is 215 Å². The first-order chi connectivity index (χ1) is 31.8. The Morgan fingerprint density at radius 1 is 0.281 bits per heavy atom. The summed E-state index contributed by atoms with van der Waals surface area (Å²) in [4.78, 5) is 10.3. The van der Waals surface area contributed by atoms with Gasteiger partial charge in [-0.15, -0.1) is 0 Å². The lowest BCUT2D eigenvalue weighted by atomic mass is 9.91. The van der Waals surface area contributed by atoms with Gasteiger partial charge in [-0.2, -0.15) is 0 Å². The highest BCUT2D eigenvalue weighted by Gasteiger charge is 2.27. The molecule has 296 valence electrons. The molecule has 0 N–H and O–H groups in total. The van der Waals surface area contributed by atoms with Crippen LogP contribution in [0.1, 0.15) is 0 Å². The van der Waals surface area contributed by atoms with Crippen molar-refractivity contribution in [1.82, 2.24) is 19.1 Å². The lowest BCUT2D eigenvalue weighted by Gasteiger charge is -2.18. The minimum Gasteiger partial charge on any atom is -0.307 e. The fourth-order valence-corrected chi connectivity index (χ4v) is 10.9. The second-order valence-electron chi connectivity index (χ2n) is 16.8. The predicted octanol–water partition coefficient (Wildman–Crippen LogP) is 15.8. The van der Waals surface area contributed by atoms with Crippen LogP contribution in [-0.2, 0) is 0 Å². The molecular weight excluding hydrogens is 777 g/mol. The molecule has 4 heteroatoms. The van der Waals surface area contributed by atoms with Gasteiger partial charge >= 0.3 is 0 Å². The molecule has 0 radical (unpaired) electrons. The topological polar surface area (TPSA) is 35.6 Å². The average Bonchev–Trinajstić information content (AvgIpc) is 3.90. The Morgan fingerprint density at radius 3 is 1.06 bits per heavy atom. The van der Waals surface area contributed by atoms with Crippen LogP contribution < -0.4 is 0 Å². The van der Waals surface area contributed by atoms with E-state index in [-0.39, 0.29) is 0 Å². The molecule has 4 heterocycles. The van der Waals surface area contributed by atoms with E-state index >= 15 is 0 Å². The fraction of sp³-hybridized carbons (Fsp3) is 0. The Labute approximate surface area is 367 Å². The SMILES string of the molecule is c1ccc2c(-c3ccc(-n4c5cccnc5c5c6ccccc6c6c(c7ccccc7c7c8ncccc8n(-c8ccc(-c9cccc%10ccccc9%10)cc8)c76)c54)cc3)cccc2c1. The molecule has 0 aliphatic rings. The maximum absolute atomic E-state index is 5.17. The van der Waals surface area contributed by atoms with E-state index in [1.165, 1.54) is 76.1 Å². The third-order valence-electron chi connectivity index (χ3n) is 13.6. The van der Waals surface area contributed by atoms with Crippen LogP contribution in [-0.4, -0.2) is 19.1 Å². The van der Waals surface area contributed by atoms with Crippen LogP contribution in [0.4, 0.5) is 0 Å². The van der Waals surface area contributed by atoms with Gasteiger partial charge in [-0.1, -0.05) is 158 Å². The Morgan fingerprint density at radius 2 is 0.641 bits per heavy atom. The van der Waals surface area contributed by atoms with Gasteiger partial charge in [0.2, 0.25) is 0 Å². The van der Waals surface area contributed by atoms with Gasteiger partial charge in [0, 0.05) is 45.3 Å². The number of nitrogens with zero attached hydrogens (tertiary/aromatic N) is 4. The maximum Gasteiger partial charge on any atom is 0.0969 e. The zero-order chi connectivity index (χ0) is 41.9. The van der Waals surface area contributed by atoms with Crippen molar-refractivity contribution in [3.05, 3.63) is 219 Å². The van der Waals surface area contributed by atoms with Crippen LogP contribution in [0, 0.1) is 0 Å². The number of hydrogen-bond acceptors (Lipinski definition) is 2. The van der Waals surface area contributed by atoms with E-state index in [4.69, 9.17) is 9.97 Å². The van der Waals surface area contributed by atoms with Crippen molar-refractivity contribution < 1.29 is 0 Å². The molecule has 0 aliphatic carbocycles. The summed E-state index contributed by atoms with van der Waals surface area (Å²) in [6.45, 7) is 0. The van der Waals surface area contributed by atoms with Crippen molar-refractivity contribution in [1.29, 1.82) is 0 Å². The summed E-state index contributed by atoms with van der Waals surface area (Å²) >= 11 is 0. The van der Waals surface area contributed by atoms with Gasteiger partial charge < -0.3 is 9.13 Å². The van der Waals surface area contributed by atoms with Gasteiger partial charge in [-0.25, -0.2) is 0 Å². The normalized spacial score (nSPS) is 12.1. The van der Waals surface area contributed by atoms with E-state index < -0.39 is 0 Å². The summed E-state index contributed by atoms with van der Waals surface area (Å²) in [5, 5.41) is 14.4. The van der Waals surface area contributed by atoms with Crippen molar-refractivity contribution in [2.45, 2.75) is 0 Å². The largest absolute Gasteiger partial charge is 0.307 e. The van der Waals surface area contributed by atoms with Crippen molar-refractivity contribution in [2.24, 2.45) is 0 Å². The molecule has 4 aromatic heterocycles. The zero-order valence-corrected chi connectivity index (χ0v) is 34.6. The third-order valence-corrected chi connectivity index (χ3v) is 13.6. The molecule has 0 fully saturated rings. The number of rotatable bonds is 4. The van der Waals surface area contributed by atoms with Crippen molar-refractivity contribution in [3.8, 4) is 33.6 Å². The number of pyridine rings is 2. The molecular formula is C60H36N4. The quantitative estimate of drug-likeness (QED) is 0.166. The summed E-state index contributed by atoms with van der Waals surface area (Å²) in [5.41, 5.74) is 13.4. The van der Waals surface area contributed by atoms with Crippen molar-refractivity contribution in [3.63, 3.8) is 0 Å². The summed E-state index contributed by atoms with van der Waals surface area (Å²) in [6.07, 6.45) is 3.86. The molecule has 4 nitrogen and oxygen atoms in total. The third kappa shape index (κ3) is 4.88. The van der Waals surface area contributed by atoms with E-state index in [1.54, 1.807) is 0 Å². The fourth-order valence-electron chi connectivity index (χ4n) is 10.9. The minimum atomic E-state index is 0.990. The molecule has 0 unspecified atom stereocenters. The molecule has 64 heavy (non-hydrogen) atoms. The second-order valence-corrected chi connectivity index (χ2v) is 16.8. The van der Waals surface area contributed by atoms with Gasteiger partial charge in [0.15, 0.2) is 0 Å². The monoisotopic (exact) mass is 812 g/mol. The minimum absolute atomic E-state index is 0.990. The van der Waals surface area contributed by atoms with Crippen LogP contribution >= 0.6 is 0 Å². The number of fused-ring (bicyclic) bond motifs is 17. The summed E-state index contributed by atoms with van der Waals surface area (Å²) in [7, 11) is 0. The summed E-state index contributed by atoms with van der Waals surface area (Å²) in [5.74, 6) is 0. The summed E-state index contributed by atoms with van der Waals surface area (Å²) < 4.78 is 4.92. The van der Waals surface area contributed by atoms with Gasteiger partial charge in [0.25, 0.3) is 0 Å². The molecule has 0 bridgehead atoms. The first-order valence-electron chi connectivity index (χ1n) is 21.9. The van der Waals surface area contributed by atoms with Gasteiger partial charge in [0.05, 0.1) is 33.1 Å². The van der Waals surface area contributed by atoms with E-state index in [0.29, 0.717) is 0 Å². The van der Waals surface area contributed by atoms with Gasteiger partial charge in [-0.3, -0.25) is 9.97 Å². The van der Waals surface area contributed by atoms with E-state index in [9.17, 15) is 0 Å². The van der Waals surface area contributed by atoms with Gasteiger partial charge in [-0.05, 0) is 114 Å². The highest BCUT2D eigenvalue weighted by molar-refractivity contribution is 6.43. The zero-order valence-electron chi connectivity index (χ0n) is 34.6. The highest BCUT2D eigenvalue weighted by Crippen LogP contribution is 2.50. The van der Waals surface area contributed by atoms with Crippen LogP contribution in [0.2, 0.25) is 0 Å². The molecule has 0 atom stereocenters. The first-order valence-corrected chi connectivity index (χ1v) is 21.9. The molecule has 0 saturated heterocycles. The molecule has 14 aromatic rings. The Hall–Kier alpha value is -8.60. The number of benzene rings is 10. The Kier molecular flexibility index (Phi) is 7.36. The van der Waals surface area contributed by atoms with Crippen LogP contribution in [0.15, 0.2) is 219 Å². The first kappa shape index (κ1) is 35.0. The number of aromatic nitrogens is 4. The molecule has 0 saturated carbocycles. The van der Waals surface area contributed by atoms with Crippen molar-refractivity contribution >= 4 is 97.7 Å². The van der Waals surface area contributed by atoms with E-state index in [1.807, 2.05) is 12.4 Å². The standard InChI is InChI=1S/C60H36N4/c1-3-17-43-37(13-1)15-9-23-45(43)39-27-31-41(32-28-39)63-51-25-11-35-61-57(51)55-49-21-7-6-20-48(49)54-53(59(55)63)47-19-5-8-22-50(47)56-58-52(26-12-36-62-58)64(60(54)56)42-33-29-40(30-34-42)46-24-10-16-38-14-2-4-18-44(38)46/h1-36H. The maximum atomic E-state index is 5.17.